The molecular weight excluding hydrogens is 567 g/mol. The van der Waals surface area contributed by atoms with E-state index in [1.807, 2.05) is 0 Å². The summed E-state index contributed by atoms with van der Waals surface area (Å²) in [5, 5.41) is 9.99. The molecule has 0 radical (unpaired) electrons. The van der Waals surface area contributed by atoms with Crippen molar-refractivity contribution in [3.8, 4) is 22.3 Å². The van der Waals surface area contributed by atoms with Crippen LogP contribution in [-0.2, 0) is 0 Å². The fourth-order valence-corrected chi connectivity index (χ4v) is 6.93. The lowest BCUT2D eigenvalue weighted by atomic mass is 9.96. The van der Waals surface area contributed by atoms with Gasteiger partial charge in [-0.3, -0.25) is 0 Å². The van der Waals surface area contributed by atoms with Crippen LogP contribution < -0.4 is 4.90 Å². The molecule has 0 bridgehead atoms. The number of hydrogen-bond acceptors (Lipinski definition) is 1. The summed E-state index contributed by atoms with van der Waals surface area (Å²) in [6.45, 7) is 0. The summed E-state index contributed by atoms with van der Waals surface area (Å²) in [6, 6.07) is 68.3. The van der Waals surface area contributed by atoms with E-state index in [4.69, 9.17) is 0 Å². The number of rotatable bonds is 5. The smallest absolute Gasteiger partial charge is 0.0540 e. The van der Waals surface area contributed by atoms with E-state index in [1.54, 1.807) is 0 Å². The van der Waals surface area contributed by atoms with Gasteiger partial charge in [0, 0.05) is 16.8 Å². The Morgan fingerprint density at radius 2 is 0.702 bits per heavy atom. The molecule has 0 fully saturated rings. The predicted molar refractivity (Wildman–Crippen MR) is 202 cm³/mol. The number of para-hydroxylation sites is 1. The largest absolute Gasteiger partial charge is 0.310 e. The quantitative estimate of drug-likeness (QED) is 0.178. The van der Waals surface area contributed by atoms with Crippen LogP contribution in [0.25, 0.3) is 65.3 Å². The molecule has 0 unspecified atom stereocenters. The summed E-state index contributed by atoms with van der Waals surface area (Å²) in [4.78, 5) is 2.37. The van der Waals surface area contributed by atoms with Crippen LogP contribution in [0.15, 0.2) is 188 Å². The molecule has 220 valence electrons. The summed E-state index contributed by atoms with van der Waals surface area (Å²) in [6.07, 6.45) is 0. The highest BCUT2D eigenvalue weighted by Gasteiger charge is 2.16. The lowest BCUT2D eigenvalue weighted by Crippen LogP contribution is -2.10. The number of fused-ring (bicyclic) bond motifs is 4. The Balaban J connectivity index is 1.08. The summed E-state index contributed by atoms with van der Waals surface area (Å²) in [7, 11) is 0. The monoisotopic (exact) mass is 597 g/mol. The first kappa shape index (κ1) is 27.2. The zero-order valence-corrected chi connectivity index (χ0v) is 25.8. The molecule has 0 saturated carbocycles. The average molecular weight is 598 g/mol. The molecule has 0 spiro atoms. The number of anilines is 3. The van der Waals surface area contributed by atoms with Gasteiger partial charge in [-0.2, -0.15) is 0 Å². The van der Waals surface area contributed by atoms with Crippen LogP contribution in [0.1, 0.15) is 0 Å². The van der Waals surface area contributed by atoms with E-state index < -0.39 is 0 Å². The minimum atomic E-state index is 1.13. The Labute approximate surface area is 274 Å². The predicted octanol–water partition coefficient (Wildman–Crippen LogP) is 13.1. The van der Waals surface area contributed by atoms with Crippen molar-refractivity contribution in [1.82, 2.24) is 0 Å². The second-order valence-corrected chi connectivity index (χ2v) is 12.3. The zero-order chi connectivity index (χ0) is 31.2. The lowest BCUT2D eigenvalue weighted by molar-refractivity contribution is 1.30. The lowest BCUT2D eigenvalue weighted by Gasteiger charge is -2.27. The second kappa shape index (κ2) is 11.3. The first-order chi connectivity index (χ1) is 23.3. The minimum Gasteiger partial charge on any atom is -0.310 e. The fourth-order valence-electron chi connectivity index (χ4n) is 6.93. The first-order valence-corrected chi connectivity index (χ1v) is 16.2. The molecule has 0 atom stereocenters. The van der Waals surface area contributed by atoms with Gasteiger partial charge in [0.2, 0.25) is 0 Å². The van der Waals surface area contributed by atoms with Crippen LogP contribution in [-0.4, -0.2) is 0 Å². The summed E-state index contributed by atoms with van der Waals surface area (Å²) >= 11 is 0. The molecule has 1 nitrogen and oxygen atoms in total. The third-order valence-corrected chi connectivity index (χ3v) is 9.36. The highest BCUT2D eigenvalue weighted by molar-refractivity contribution is 6.06. The van der Waals surface area contributed by atoms with Gasteiger partial charge in [-0.15, -0.1) is 0 Å². The number of benzene rings is 9. The number of nitrogens with zero attached hydrogens (tertiary/aromatic N) is 1. The van der Waals surface area contributed by atoms with E-state index in [9.17, 15) is 0 Å². The second-order valence-electron chi connectivity index (χ2n) is 12.3. The van der Waals surface area contributed by atoms with Gasteiger partial charge in [-0.05, 0) is 121 Å². The Kier molecular flexibility index (Phi) is 6.54. The Hall–Kier alpha value is -6.18. The van der Waals surface area contributed by atoms with Crippen molar-refractivity contribution in [3.05, 3.63) is 188 Å². The molecule has 47 heavy (non-hydrogen) atoms. The van der Waals surface area contributed by atoms with Crippen molar-refractivity contribution in [2.45, 2.75) is 0 Å². The van der Waals surface area contributed by atoms with Gasteiger partial charge in [0.15, 0.2) is 0 Å². The third kappa shape index (κ3) is 4.99. The topological polar surface area (TPSA) is 3.24 Å². The fraction of sp³-hybridized carbons (Fsp3) is 0. The minimum absolute atomic E-state index is 1.13. The molecule has 1 heteroatoms. The van der Waals surface area contributed by atoms with Crippen molar-refractivity contribution in [3.63, 3.8) is 0 Å². The van der Waals surface area contributed by atoms with Crippen molar-refractivity contribution in [2.24, 2.45) is 0 Å². The van der Waals surface area contributed by atoms with Crippen molar-refractivity contribution < 1.29 is 0 Å². The summed E-state index contributed by atoms with van der Waals surface area (Å²) in [5.41, 5.74) is 8.32. The molecule has 0 aliphatic heterocycles. The molecule has 0 amide bonds. The summed E-state index contributed by atoms with van der Waals surface area (Å²) in [5.74, 6) is 0. The summed E-state index contributed by atoms with van der Waals surface area (Å²) < 4.78 is 0. The van der Waals surface area contributed by atoms with Crippen molar-refractivity contribution in [1.29, 1.82) is 0 Å². The van der Waals surface area contributed by atoms with E-state index in [2.05, 4.69) is 193 Å². The molecule has 0 aliphatic carbocycles. The van der Waals surface area contributed by atoms with Gasteiger partial charge in [0.05, 0.1) is 5.69 Å². The standard InChI is InChI=1S/C46H31N/c1-2-14-43(15-3-1)47(46-16-8-13-42-30-35-11-6-7-12-36(35)31-45(42)46)44-25-23-33(24-26-44)37-19-20-40-29-41(22-21-39(40)28-37)38-18-17-32-9-4-5-10-34(32)27-38/h1-31H. The molecule has 0 N–H and O–H groups in total. The van der Waals surface area contributed by atoms with E-state index in [0.29, 0.717) is 0 Å². The van der Waals surface area contributed by atoms with Crippen LogP contribution >= 0.6 is 0 Å². The first-order valence-electron chi connectivity index (χ1n) is 16.2. The van der Waals surface area contributed by atoms with Crippen LogP contribution in [0.3, 0.4) is 0 Å². The molecule has 0 aromatic heterocycles. The molecule has 9 aromatic rings. The Bertz CT molecular complexity index is 2560. The third-order valence-electron chi connectivity index (χ3n) is 9.36. The van der Waals surface area contributed by atoms with E-state index in [1.165, 1.54) is 71.0 Å². The molecule has 0 aliphatic rings. The van der Waals surface area contributed by atoms with Crippen LogP contribution in [0, 0.1) is 0 Å². The van der Waals surface area contributed by atoms with Gasteiger partial charge in [-0.25, -0.2) is 0 Å². The van der Waals surface area contributed by atoms with Crippen molar-refractivity contribution >= 4 is 60.2 Å². The SMILES string of the molecule is c1ccc(N(c2ccc(-c3ccc4cc(-c5ccc6ccccc6c5)ccc4c3)cc2)c2cccc3cc4ccccc4cc23)cc1. The normalized spacial score (nSPS) is 11.4. The van der Waals surface area contributed by atoms with Crippen LogP contribution in [0.2, 0.25) is 0 Å². The number of hydrogen-bond donors (Lipinski definition) is 0. The van der Waals surface area contributed by atoms with Gasteiger partial charge in [-0.1, -0.05) is 127 Å². The molecule has 0 saturated heterocycles. The maximum absolute atomic E-state index is 2.37. The van der Waals surface area contributed by atoms with Gasteiger partial charge < -0.3 is 4.90 Å². The highest BCUT2D eigenvalue weighted by Crippen LogP contribution is 2.40. The van der Waals surface area contributed by atoms with Crippen LogP contribution in [0.5, 0.6) is 0 Å². The van der Waals surface area contributed by atoms with Crippen LogP contribution in [0.4, 0.5) is 17.1 Å². The van der Waals surface area contributed by atoms with Gasteiger partial charge >= 0.3 is 0 Å². The maximum Gasteiger partial charge on any atom is 0.0540 e. The molecule has 9 rings (SSSR count). The van der Waals surface area contributed by atoms with Crippen molar-refractivity contribution in [2.75, 3.05) is 4.90 Å². The average Bonchev–Trinajstić information content (AvgIpc) is 3.14. The molecular formula is C46H31N. The van der Waals surface area contributed by atoms with E-state index in [-0.39, 0.29) is 0 Å². The molecule has 0 heterocycles. The van der Waals surface area contributed by atoms with E-state index >= 15 is 0 Å². The maximum atomic E-state index is 2.37. The Morgan fingerprint density at radius 3 is 1.36 bits per heavy atom. The Morgan fingerprint density at radius 1 is 0.255 bits per heavy atom. The van der Waals surface area contributed by atoms with Gasteiger partial charge in [0.25, 0.3) is 0 Å². The van der Waals surface area contributed by atoms with E-state index in [0.717, 1.165) is 11.4 Å². The highest BCUT2D eigenvalue weighted by atomic mass is 15.1. The molecule has 9 aromatic carbocycles. The zero-order valence-electron chi connectivity index (χ0n) is 25.8. The van der Waals surface area contributed by atoms with Gasteiger partial charge in [0.1, 0.15) is 0 Å².